The summed E-state index contributed by atoms with van der Waals surface area (Å²) in [5, 5.41) is 2.81. The van der Waals surface area contributed by atoms with Crippen molar-refractivity contribution in [3.63, 3.8) is 0 Å². The Hall–Kier alpha value is -4.21. The number of H-pyrrole nitrogens is 1. The molecule has 2 N–H and O–H groups in total. The molecule has 10 nitrogen and oxygen atoms in total. The molecule has 0 atom stereocenters. The van der Waals surface area contributed by atoms with Crippen molar-refractivity contribution in [3.8, 4) is 11.4 Å². The molecule has 4 aromatic rings. The molecule has 0 spiro atoms. The van der Waals surface area contributed by atoms with Crippen molar-refractivity contribution >= 4 is 28.7 Å². The molecule has 0 aliphatic heterocycles. The van der Waals surface area contributed by atoms with Gasteiger partial charge in [-0.15, -0.1) is 0 Å². The maximum absolute atomic E-state index is 12.9. The lowest BCUT2D eigenvalue weighted by molar-refractivity contribution is 0.258. The van der Waals surface area contributed by atoms with Gasteiger partial charge in [-0.2, -0.15) is 0 Å². The van der Waals surface area contributed by atoms with E-state index in [1.807, 2.05) is 32.0 Å². The summed E-state index contributed by atoms with van der Waals surface area (Å²) in [6, 6.07) is 12.3. The number of aromatic amines is 1. The number of para-hydroxylation sites is 1. The van der Waals surface area contributed by atoms with Gasteiger partial charge in [0.15, 0.2) is 5.65 Å². The molecule has 2 amide bonds. The summed E-state index contributed by atoms with van der Waals surface area (Å²) in [6.07, 6.45) is 2.98. The van der Waals surface area contributed by atoms with Crippen LogP contribution in [0.4, 0.5) is 16.3 Å². The number of carbonyl (C=O) groups is 1. The lowest BCUT2D eigenvalue weighted by atomic mass is 10.2. The molecule has 0 bridgehead atoms. The van der Waals surface area contributed by atoms with Crippen LogP contribution in [0, 0.1) is 0 Å². The number of aryl methyl sites for hydroxylation is 1. The van der Waals surface area contributed by atoms with Gasteiger partial charge in [-0.1, -0.05) is 32.0 Å². The van der Waals surface area contributed by atoms with E-state index in [2.05, 4.69) is 20.3 Å². The molecule has 1 aromatic carbocycles. The number of hydrogen-bond donors (Lipinski definition) is 2. The molecular formula is C24H27N7O3. The number of benzene rings is 1. The van der Waals surface area contributed by atoms with Crippen LogP contribution in [0.2, 0.25) is 0 Å². The average molecular weight is 462 g/mol. The summed E-state index contributed by atoms with van der Waals surface area (Å²) in [6.45, 7) is 4.69. The topological polar surface area (TPSA) is 118 Å². The third-order valence-corrected chi connectivity index (χ3v) is 5.45. The predicted octanol–water partition coefficient (Wildman–Crippen LogP) is 3.44. The molecule has 10 heteroatoms. The van der Waals surface area contributed by atoms with Crippen molar-refractivity contribution < 1.29 is 4.79 Å². The average Bonchev–Trinajstić information content (AvgIpc) is 3.30. The summed E-state index contributed by atoms with van der Waals surface area (Å²) in [7, 11) is 1.63. The number of nitrogens with one attached hydrogen (secondary N) is 2. The first-order valence-electron chi connectivity index (χ1n) is 11.2. The normalized spacial score (nSPS) is 11.0. The Bertz CT molecular complexity index is 1420. The Kier molecular flexibility index (Phi) is 6.58. The first-order valence-corrected chi connectivity index (χ1v) is 11.2. The van der Waals surface area contributed by atoms with Crippen LogP contribution in [0.25, 0.3) is 22.6 Å². The van der Waals surface area contributed by atoms with Gasteiger partial charge < -0.3 is 10.3 Å². The zero-order chi connectivity index (χ0) is 24.2. The highest BCUT2D eigenvalue weighted by atomic mass is 16.2. The van der Waals surface area contributed by atoms with Crippen LogP contribution in [0.15, 0.2) is 58.3 Å². The van der Waals surface area contributed by atoms with Crippen molar-refractivity contribution in [3.05, 3.63) is 69.5 Å². The monoisotopic (exact) mass is 461 g/mol. The number of nitrogens with zero attached hydrogens (tertiary/aromatic N) is 5. The fourth-order valence-corrected chi connectivity index (χ4v) is 3.71. The number of fused-ring (bicyclic) bond motifs is 1. The van der Waals surface area contributed by atoms with E-state index in [1.54, 1.807) is 37.5 Å². The number of aromatic nitrogens is 5. The summed E-state index contributed by atoms with van der Waals surface area (Å²) >= 11 is 0. The first kappa shape index (κ1) is 23.0. The van der Waals surface area contributed by atoms with Crippen molar-refractivity contribution in [1.82, 2.24) is 24.1 Å². The molecule has 176 valence electrons. The van der Waals surface area contributed by atoms with Crippen LogP contribution < -0.4 is 21.5 Å². The van der Waals surface area contributed by atoms with Gasteiger partial charge in [-0.25, -0.2) is 19.6 Å². The molecule has 0 aliphatic rings. The molecule has 0 saturated carbocycles. The summed E-state index contributed by atoms with van der Waals surface area (Å²) < 4.78 is 2.79. The van der Waals surface area contributed by atoms with Crippen LogP contribution in [0.3, 0.4) is 0 Å². The van der Waals surface area contributed by atoms with E-state index in [0.29, 0.717) is 53.6 Å². The van der Waals surface area contributed by atoms with E-state index < -0.39 is 0 Å². The lowest BCUT2D eigenvalue weighted by Crippen LogP contribution is -2.40. The van der Waals surface area contributed by atoms with Gasteiger partial charge in [0.1, 0.15) is 17.2 Å². The molecule has 0 saturated heterocycles. The molecule has 0 radical (unpaired) electrons. The minimum Gasteiger partial charge on any atom is -0.332 e. The number of urea groups is 1. The van der Waals surface area contributed by atoms with E-state index in [4.69, 9.17) is 0 Å². The van der Waals surface area contributed by atoms with E-state index in [9.17, 15) is 14.4 Å². The highest BCUT2D eigenvalue weighted by Crippen LogP contribution is 2.20. The van der Waals surface area contributed by atoms with Crippen LogP contribution in [0.1, 0.15) is 26.7 Å². The third kappa shape index (κ3) is 4.34. The van der Waals surface area contributed by atoms with Crippen molar-refractivity contribution in [2.75, 3.05) is 17.3 Å². The number of amides is 2. The molecule has 3 aromatic heterocycles. The minimum atomic E-state index is -0.380. The van der Waals surface area contributed by atoms with Crippen LogP contribution in [-0.4, -0.2) is 37.2 Å². The molecule has 0 aliphatic carbocycles. The van der Waals surface area contributed by atoms with Gasteiger partial charge in [-0.05, 0) is 37.1 Å². The predicted molar refractivity (Wildman–Crippen MR) is 132 cm³/mol. The Morgan fingerprint density at radius 3 is 2.38 bits per heavy atom. The maximum atomic E-state index is 12.9. The number of pyridine rings is 1. The summed E-state index contributed by atoms with van der Waals surface area (Å²) in [5.41, 5.74) is 1.22. The first-order chi connectivity index (χ1) is 16.4. The Morgan fingerprint density at radius 2 is 1.74 bits per heavy atom. The smallest absolute Gasteiger partial charge is 0.332 e. The molecular weight excluding hydrogens is 434 g/mol. The van der Waals surface area contributed by atoms with Gasteiger partial charge >= 0.3 is 11.7 Å². The van der Waals surface area contributed by atoms with E-state index in [0.717, 1.165) is 6.42 Å². The van der Waals surface area contributed by atoms with Gasteiger partial charge in [0, 0.05) is 37.6 Å². The number of hydrogen-bond acceptors (Lipinski definition) is 5. The number of imidazole rings is 1. The zero-order valence-corrected chi connectivity index (χ0v) is 19.4. The van der Waals surface area contributed by atoms with E-state index in [-0.39, 0.29) is 17.3 Å². The standard InChI is InChI=1S/C24H27N7O3/c1-4-13-30-21-19(22(32)31(14-5-2)24(30)34)27-20(28-21)16-11-12-18(25-15-16)29(3)23(33)26-17-9-7-6-8-10-17/h6-12,15H,4-5,13-14H2,1-3H3,(H,26,33)(H,27,28). The second-order valence-corrected chi connectivity index (χ2v) is 7.94. The Morgan fingerprint density at radius 1 is 1.03 bits per heavy atom. The van der Waals surface area contributed by atoms with Crippen LogP contribution in [-0.2, 0) is 13.1 Å². The molecule has 0 unspecified atom stereocenters. The summed E-state index contributed by atoms with van der Waals surface area (Å²) in [5.74, 6) is 0.877. The lowest BCUT2D eigenvalue weighted by Gasteiger charge is -2.17. The van der Waals surface area contributed by atoms with Gasteiger partial charge in [0.25, 0.3) is 5.56 Å². The van der Waals surface area contributed by atoms with E-state index in [1.165, 1.54) is 14.0 Å². The van der Waals surface area contributed by atoms with Gasteiger partial charge in [-0.3, -0.25) is 18.8 Å². The third-order valence-electron chi connectivity index (χ3n) is 5.45. The highest BCUT2D eigenvalue weighted by molar-refractivity contribution is 6.00. The minimum absolute atomic E-state index is 0.292. The van der Waals surface area contributed by atoms with Gasteiger partial charge in [0.2, 0.25) is 0 Å². The number of rotatable bonds is 7. The SMILES string of the molecule is CCCn1c(=O)c2[nH]c(-c3ccc(N(C)C(=O)Nc4ccccc4)nc3)nc2n(CCC)c1=O. The fraction of sp³-hybridized carbons (Fsp3) is 0.292. The quantitative estimate of drug-likeness (QED) is 0.437. The molecule has 4 rings (SSSR count). The molecule has 34 heavy (non-hydrogen) atoms. The molecule has 3 heterocycles. The van der Waals surface area contributed by atoms with Crippen molar-refractivity contribution in [2.24, 2.45) is 0 Å². The zero-order valence-electron chi connectivity index (χ0n) is 19.4. The Balaban J connectivity index is 1.65. The second-order valence-electron chi connectivity index (χ2n) is 7.94. The fourth-order valence-electron chi connectivity index (χ4n) is 3.71. The van der Waals surface area contributed by atoms with Crippen LogP contribution in [0.5, 0.6) is 0 Å². The van der Waals surface area contributed by atoms with Crippen molar-refractivity contribution in [2.45, 2.75) is 39.8 Å². The van der Waals surface area contributed by atoms with Crippen LogP contribution >= 0.6 is 0 Å². The summed E-state index contributed by atoms with van der Waals surface area (Å²) in [4.78, 5) is 51.7. The van der Waals surface area contributed by atoms with Gasteiger partial charge in [0.05, 0.1) is 0 Å². The van der Waals surface area contributed by atoms with E-state index >= 15 is 0 Å². The second kappa shape index (κ2) is 9.74. The molecule has 0 fully saturated rings. The number of carbonyl (C=O) groups excluding carboxylic acids is 1. The highest BCUT2D eigenvalue weighted by Gasteiger charge is 2.18. The number of anilines is 2. The largest absolute Gasteiger partial charge is 0.332 e. The Labute approximate surface area is 195 Å². The van der Waals surface area contributed by atoms with Crippen molar-refractivity contribution in [1.29, 1.82) is 0 Å². The maximum Gasteiger partial charge on any atom is 0.332 e.